The minimum atomic E-state index is -0.525. The zero-order valence-corrected chi connectivity index (χ0v) is 8.58. The van der Waals surface area contributed by atoms with Crippen LogP contribution in [0.25, 0.3) is 0 Å². The zero-order valence-electron chi connectivity index (χ0n) is 8.58. The standard InChI is InChI=1S/C12H11N3O/c13-12(16)10-6-5-7-11(14-10)15-8-3-1-2-4-9-15/h1-9H,(H2,13,16). The maximum Gasteiger partial charge on any atom is 0.267 e. The Morgan fingerprint density at radius 2 is 1.81 bits per heavy atom. The van der Waals surface area contributed by atoms with Crippen molar-refractivity contribution in [2.45, 2.75) is 0 Å². The Morgan fingerprint density at radius 3 is 2.44 bits per heavy atom. The second kappa shape index (κ2) is 4.44. The predicted octanol–water partition coefficient (Wildman–Crippen LogP) is 1.58. The van der Waals surface area contributed by atoms with Crippen molar-refractivity contribution in [1.82, 2.24) is 4.98 Å². The van der Waals surface area contributed by atoms with E-state index in [2.05, 4.69) is 4.98 Å². The molecular formula is C12H11N3O. The van der Waals surface area contributed by atoms with Gasteiger partial charge in [-0.05, 0) is 24.3 Å². The van der Waals surface area contributed by atoms with Crippen LogP contribution in [0.3, 0.4) is 0 Å². The molecule has 0 saturated heterocycles. The Labute approximate surface area is 93.4 Å². The van der Waals surface area contributed by atoms with Gasteiger partial charge in [0.15, 0.2) is 0 Å². The molecule has 2 rings (SSSR count). The lowest BCUT2D eigenvalue weighted by Gasteiger charge is -2.13. The van der Waals surface area contributed by atoms with Crippen LogP contribution in [-0.2, 0) is 0 Å². The molecule has 1 amide bonds. The van der Waals surface area contributed by atoms with Gasteiger partial charge >= 0.3 is 0 Å². The molecule has 16 heavy (non-hydrogen) atoms. The number of hydrogen-bond donors (Lipinski definition) is 1. The third kappa shape index (κ3) is 2.17. The number of hydrogen-bond acceptors (Lipinski definition) is 3. The van der Waals surface area contributed by atoms with Gasteiger partial charge in [-0.1, -0.05) is 18.2 Å². The number of nitrogens with two attached hydrogens (primary N) is 1. The quantitative estimate of drug-likeness (QED) is 0.811. The molecule has 0 atom stereocenters. The van der Waals surface area contributed by atoms with Gasteiger partial charge < -0.3 is 10.6 Å². The summed E-state index contributed by atoms with van der Waals surface area (Å²) in [6, 6.07) is 5.16. The number of carbonyl (C=O) groups is 1. The first-order valence-corrected chi connectivity index (χ1v) is 4.84. The molecule has 2 heterocycles. The van der Waals surface area contributed by atoms with Crippen molar-refractivity contribution in [1.29, 1.82) is 0 Å². The molecular weight excluding hydrogens is 202 g/mol. The molecule has 0 radical (unpaired) electrons. The van der Waals surface area contributed by atoms with Gasteiger partial charge in [-0.15, -0.1) is 0 Å². The van der Waals surface area contributed by atoms with Crippen molar-refractivity contribution in [3.63, 3.8) is 0 Å². The van der Waals surface area contributed by atoms with Crippen LogP contribution in [0.2, 0.25) is 0 Å². The number of carbonyl (C=O) groups excluding carboxylic acids is 1. The van der Waals surface area contributed by atoms with Crippen molar-refractivity contribution >= 4 is 11.7 Å². The van der Waals surface area contributed by atoms with Crippen LogP contribution in [0.1, 0.15) is 10.5 Å². The molecule has 4 nitrogen and oxygen atoms in total. The minimum Gasteiger partial charge on any atom is -0.364 e. The summed E-state index contributed by atoms with van der Waals surface area (Å²) in [5.41, 5.74) is 5.44. The average molecular weight is 213 g/mol. The van der Waals surface area contributed by atoms with Crippen molar-refractivity contribution in [3.05, 3.63) is 60.6 Å². The Hall–Kier alpha value is -2.36. The summed E-state index contributed by atoms with van der Waals surface area (Å²) in [5.74, 6) is 0.134. The molecule has 0 unspecified atom stereocenters. The van der Waals surface area contributed by atoms with Gasteiger partial charge in [0.1, 0.15) is 11.5 Å². The molecule has 1 aromatic heterocycles. The van der Waals surface area contributed by atoms with E-state index in [0.717, 1.165) is 0 Å². The lowest BCUT2D eigenvalue weighted by molar-refractivity contribution is 0.0995. The van der Waals surface area contributed by atoms with E-state index < -0.39 is 5.91 Å². The van der Waals surface area contributed by atoms with Gasteiger partial charge in [0.25, 0.3) is 5.91 Å². The van der Waals surface area contributed by atoms with Gasteiger partial charge in [-0.3, -0.25) is 4.79 Å². The van der Waals surface area contributed by atoms with Crippen molar-refractivity contribution in [2.75, 3.05) is 4.90 Å². The number of aromatic nitrogens is 1. The predicted molar refractivity (Wildman–Crippen MR) is 62.7 cm³/mol. The summed E-state index contributed by atoms with van der Waals surface area (Å²) >= 11 is 0. The zero-order chi connectivity index (χ0) is 11.4. The highest BCUT2D eigenvalue weighted by Gasteiger charge is 2.06. The van der Waals surface area contributed by atoms with Crippen LogP contribution in [0.5, 0.6) is 0 Å². The van der Waals surface area contributed by atoms with Gasteiger partial charge in [0, 0.05) is 12.4 Å². The summed E-state index contributed by atoms with van der Waals surface area (Å²) < 4.78 is 0. The molecule has 4 heteroatoms. The van der Waals surface area contributed by atoms with Crippen molar-refractivity contribution < 1.29 is 4.79 Å². The third-order valence-electron chi connectivity index (χ3n) is 2.08. The van der Waals surface area contributed by atoms with E-state index in [1.165, 1.54) is 0 Å². The molecule has 2 N–H and O–H groups in total. The number of rotatable bonds is 2. The SMILES string of the molecule is NC(=O)c1cccc(N2C=CC=CC=C2)n1. The van der Waals surface area contributed by atoms with Gasteiger partial charge in [0.2, 0.25) is 0 Å². The Kier molecular flexibility index (Phi) is 2.82. The molecule has 0 aliphatic carbocycles. The summed E-state index contributed by atoms with van der Waals surface area (Å²) in [4.78, 5) is 17.0. The van der Waals surface area contributed by atoms with Crippen LogP contribution in [0.4, 0.5) is 5.82 Å². The lowest BCUT2D eigenvalue weighted by Crippen LogP contribution is -2.15. The Balaban J connectivity index is 2.33. The molecule has 0 aromatic carbocycles. The maximum atomic E-state index is 11.0. The largest absolute Gasteiger partial charge is 0.364 e. The molecule has 1 aromatic rings. The summed E-state index contributed by atoms with van der Waals surface area (Å²) in [5, 5.41) is 0. The van der Waals surface area contributed by atoms with Crippen molar-refractivity contribution in [2.24, 2.45) is 5.73 Å². The first-order chi connectivity index (χ1) is 7.77. The number of nitrogens with zero attached hydrogens (tertiary/aromatic N) is 2. The summed E-state index contributed by atoms with van der Waals surface area (Å²) in [7, 11) is 0. The van der Waals surface area contributed by atoms with E-state index >= 15 is 0 Å². The molecule has 1 aliphatic rings. The maximum absolute atomic E-state index is 11.0. The van der Waals surface area contributed by atoms with Crippen LogP contribution >= 0.6 is 0 Å². The number of allylic oxidation sites excluding steroid dienone is 4. The highest BCUT2D eigenvalue weighted by atomic mass is 16.1. The van der Waals surface area contributed by atoms with Crippen LogP contribution in [0, 0.1) is 0 Å². The van der Waals surface area contributed by atoms with E-state index in [0.29, 0.717) is 5.82 Å². The fraction of sp³-hybridized carbons (Fsp3) is 0. The topological polar surface area (TPSA) is 59.2 Å². The first kappa shape index (κ1) is 10.2. The number of anilines is 1. The number of amides is 1. The monoisotopic (exact) mass is 213 g/mol. The van der Waals surface area contributed by atoms with E-state index in [-0.39, 0.29) is 5.69 Å². The normalized spacial score (nSPS) is 13.9. The fourth-order valence-corrected chi connectivity index (χ4v) is 1.32. The molecule has 0 saturated carbocycles. The number of pyridine rings is 1. The third-order valence-corrected chi connectivity index (χ3v) is 2.08. The highest BCUT2D eigenvalue weighted by molar-refractivity contribution is 5.91. The Morgan fingerprint density at radius 1 is 1.12 bits per heavy atom. The van der Waals surface area contributed by atoms with Crippen LogP contribution in [-0.4, -0.2) is 10.9 Å². The van der Waals surface area contributed by atoms with Crippen LogP contribution < -0.4 is 10.6 Å². The van der Waals surface area contributed by atoms with E-state index in [9.17, 15) is 4.79 Å². The summed E-state index contributed by atoms with van der Waals surface area (Å²) in [6.45, 7) is 0. The highest BCUT2D eigenvalue weighted by Crippen LogP contribution is 2.13. The molecule has 0 bridgehead atoms. The van der Waals surface area contributed by atoms with Crippen molar-refractivity contribution in [3.8, 4) is 0 Å². The van der Waals surface area contributed by atoms with Crippen LogP contribution in [0.15, 0.2) is 54.9 Å². The van der Waals surface area contributed by atoms with Gasteiger partial charge in [-0.25, -0.2) is 4.98 Å². The number of primary amides is 1. The van der Waals surface area contributed by atoms with E-state index in [4.69, 9.17) is 5.73 Å². The smallest absolute Gasteiger partial charge is 0.267 e. The molecule has 80 valence electrons. The molecule has 1 aliphatic heterocycles. The Bertz CT molecular complexity index is 473. The second-order valence-corrected chi connectivity index (χ2v) is 3.22. The molecule has 0 fully saturated rings. The second-order valence-electron chi connectivity index (χ2n) is 3.22. The fourth-order valence-electron chi connectivity index (χ4n) is 1.32. The molecule has 0 spiro atoms. The minimum absolute atomic E-state index is 0.261. The van der Waals surface area contributed by atoms with E-state index in [1.807, 2.05) is 47.7 Å². The lowest BCUT2D eigenvalue weighted by atomic mass is 10.3. The van der Waals surface area contributed by atoms with Gasteiger partial charge in [0.05, 0.1) is 0 Å². The summed E-state index contributed by atoms with van der Waals surface area (Å²) in [6.07, 6.45) is 11.3. The average Bonchev–Trinajstić information content (AvgIpc) is 2.57. The first-order valence-electron chi connectivity index (χ1n) is 4.84. The van der Waals surface area contributed by atoms with E-state index in [1.54, 1.807) is 12.1 Å². The van der Waals surface area contributed by atoms with Gasteiger partial charge in [-0.2, -0.15) is 0 Å².